The molecule has 0 saturated heterocycles. The number of benzene rings is 11. The number of aryl methyl sites for hydroxylation is 4. The molecule has 0 aliphatic heterocycles. The summed E-state index contributed by atoms with van der Waals surface area (Å²) in [4.78, 5) is 5.10. The third kappa shape index (κ3) is 9.57. The number of para-hydroxylation sites is 1. The van der Waals surface area contributed by atoms with E-state index < -0.39 is 0 Å². The third-order valence-electron chi connectivity index (χ3n) is 18.1. The Morgan fingerprint density at radius 3 is 1.32 bits per heavy atom. The van der Waals surface area contributed by atoms with Crippen LogP contribution in [0.25, 0.3) is 55.6 Å². The first-order valence-electron chi connectivity index (χ1n) is 29.6. The highest BCUT2D eigenvalue weighted by molar-refractivity contribution is 5.97. The van der Waals surface area contributed by atoms with E-state index in [4.69, 9.17) is 0 Å². The largest absolute Gasteiger partial charge is 0.310 e. The zero-order valence-electron chi connectivity index (χ0n) is 46.7. The molecule has 11 aromatic rings. The zero-order valence-corrected chi connectivity index (χ0v) is 46.7. The van der Waals surface area contributed by atoms with Gasteiger partial charge in [-0.2, -0.15) is 0 Å². The van der Waals surface area contributed by atoms with Crippen molar-refractivity contribution < 1.29 is 0 Å². The Morgan fingerprint density at radius 1 is 0.321 bits per heavy atom. The fraction of sp³-hybridized carbons (Fsp3) is 0.165. The summed E-state index contributed by atoms with van der Waals surface area (Å²) in [6.45, 7) is 4.83. The molecule has 0 N–H and O–H groups in total. The SMILES string of the molecule is CC1(C)c2cc(N(c3ccc(-c4c(-c5ccccc5)cccc4-c4ccccc4)cc3)c3cc4ccc3CCc3ccc(c(N(c5ccccc5)c5ccc(C6CCCCC6)cc5)c3)CC4)ccc2-c2c(-c3ccccc3)cccc21. The predicted octanol–water partition coefficient (Wildman–Crippen LogP) is 21.5. The van der Waals surface area contributed by atoms with Crippen LogP contribution in [0, 0.1) is 0 Å². The van der Waals surface area contributed by atoms with Gasteiger partial charge >= 0.3 is 0 Å². The Morgan fingerprint density at radius 2 is 0.778 bits per heavy atom. The van der Waals surface area contributed by atoms with Crippen LogP contribution in [0.5, 0.6) is 0 Å². The van der Waals surface area contributed by atoms with Gasteiger partial charge in [-0.3, -0.25) is 0 Å². The minimum Gasteiger partial charge on any atom is -0.310 e. The van der Waals surface area contributed by atoms with E-state index in [2.05, 4.69) is 285 Å². The lowest BCUT2D eigenvalue weighted by Crippen LogP contribution is -2.17. The highest BCUT2D eigenvalue weighted by Gasteiger charge is 2.38. The van der Waals surface area contributed by atoms with Gasteiger partial charge in [-0.25, -0.2) is 0 Å². The van der Waals surface area contributed by atoms with Crippen LogP contribution in [0.1, 0.15) is 90.8 Å². The van der Waals surface area contributed by atoms with Gasteiger partial charge in [0.1, 0.15) is 0 Å². The summed E-state index contributed by atoms with van der Waals surface area (Å²) < 4.78 is 0. The van der Waals surface area contributed by atoms with E-state index in [1.807, 2.05) is 0 Å². The summed E-state index contributed by atoms with van der Waals surface area (Å²) in [6.07, 6.45) is 10.3. The van der Waals surface area contributed by atoms with Crippen LogP contribution in [0.3, 0.4) is 0 Å². The average Bonchev–Trinajstić information content (AvgIpc) is 4.05. The molecule has 0 amide bonds. The van der Waals surface area contributed by atoms with Crippen molar-refractivity contribution in [2.24, 2.45) is 0 Å². The van der Waals surface area contributed by atoms with Gasteiger partial charge in [-0.15, -0.1) is 0 Å². The van der Waals surface area contributed by atoms with Crippen LogP contribution in [-0.4, -0.2) is 0 Å². The quantitative estimate of drug-likeness (QED) is 0.127. The van der Waals surface area contributed by atoms with Crippen molar-refractivity contribution in [1.29, 1.82) is 0 Å². The number of hydrogen-bond donors (Lipinski definition) is 0. The molecule has 2 nitrogen and oxygen atoms in total. The van der Waals surface area contributed by atoms with E-state index in [-0.39, 0.29) is 5.41 Å². The summed E-state index contributed by atoms with van der Waals surface area (Å²) in [7, 11) is 0. The second kappa shape index (κ2) is 21.6. The molecule has 394 valence electrons. The normalized spacial score (nSPS) is 14.4. The van der Waals surface area contributed by atoms with Crippen LogP contribution >= 0.6 is 0 Å². The summed E-state index contributed by atoms with van der Waals surface area (Å²) in [6, 6.07) is 98.4. The first-order chi connectivity index (χ1) is 39.9. The van der Waals surface area contributed by atoms with Crippen molar-refractivity contribution >= 4 is 34.1 Å². The molecule has 1 saturated carbocycles. The number of hydrogen-bond acceptors (Lipinski definition) is 2. The minimum absolute atomic E-state index is 0.216. The molecule has 0 radical (unpaired) electrons. The topological polar surface area (TPSA) is 6.48 Å². The first-order valence-corrected chi connectivity index (χ1v) is 29.6. The fourth-order valence-corrected chi connectivity index (χ4v) is 13.8. The lowest BCUT2D eigenvalue weighted by atomic mass is 9.81. The van der Waals surface area contributed by atoms with Crippen molar-refractivity contribution in [2.75, 3.05) is 9.80 Å². The van der Waals surface area contributed by atoms with Gasteiger partial charge in [-0.05, 0) is 200 Å². The monoisotopic (exact) mass is 1040 g/mol. The van der Waals surface area contributed by atoms with E-state index in [9.17, 15) is 0 Å². The van der Waals surface area contributed by atoms with Crippen LogP contribution in [-0.2, 0) is 31.1 Å². The maximum atomic E-state index is 2.58. The maximum absolute atomic E-state index is 2.58. The van der Waals surface area contributed by atoms with Crippen molar-refractivity contribution in [3.05, 3.63) is 300 Å². The molecule has 6 aliphatic carbocycles. The number of nitrogens with zero attached hydrogens (tertiary/aromatic N) is 2. The molecular formula is C79H68N2. The van der Waals surface area contributed by atoms with Gasteiger partial charge in [0.2, 0.25) is 0 Å². The zero-order chi connectivity index (χ0) is 54.3. The molecule has 17 rings (SSSR count). The van der Waals surface area contributed by atoms with E-state index in [1.54, 1.807) is 0 Å². The molecule has 0 unspecified atom stereocenters. The van der Waals surface area contributed by atoms with Crippen molar-refractivity contribution in [2.45, 2.75) is 83.0 Å². The summed E-state index contributed by atoms with van der Waals surface area (Å²) in [5.74, 6) is 0.670. The van der Waals surface area contributed by atoms with Crippen LogP contribution in [0.15, 0.2) is 261 Å². The smallest absolute Gasteiger partial charge is 0.0496 e. The molecule has 2 heteroatoms. The highest BCUT2D eigenvalue weighted by Crippen LogP contribution is 2.54. The minimum atomic E-state index is -0.216. The Hall–Kier alpha value is -8.98. The standard InChI is InChI=1S/C79H68N2/c1-79(2)73-33-19-32-71(61-26-14-6-15-27-61)78(73)72-51-50-68(54-74(72)79)81(67-48-44-64(45-49-67)77-69(59-22-10-4-11-23-59)30-18-31-70(77)60-24-12-5-13-25-60)76-53-56-35-39-62-38-34-55(36-40-63(76)41-37-56)52-75(62)80(65-28-16-7-17-29-65)66-46-42-58(43-47-66)57-20-8-3-9-21-57/h4-7,10-19,22-34,37-38,41-54,57H,3,8-9,20-21,35-36,39-40H2,1-2H3. The molecule has 0 aromatic heterocycles. The Bertz CT molecular complexity index is 3970. The predicted molar refractivity (Wildman–Crippen MR) is 342 cm³/mol. The molecule has 4 bridgehead atoms. The van der Waals surface area contributed by atoms with Gasteiger partial charge in [-0.1, -0.05) is 233 Å². The van der Waals surface area contributed by atoms with E-state index in [0.717, 1.165) is 31.4 Å². The summed E-state index contributed by atoms with van der Waals surface area (Å²) in [5.41, 5.74) is 29.1. The van der Waals surface area contributed by atoms with Crippen molar-refractivity contribution in [3.8, 4) is 55.6 Å². The van der Waals surface area contributed by atoms with Crippen LogP contribution in [0.4, 0.5) is 34.1 Å². The third-order valence-corrected chi connectivity index (χ3v) is 18.1. The summed E-state index contributed by atoms with van der Waals surface area (Å²) >= 11 is 0. The second-order valence-corrected chi connectivity index (χ2v) is 23.3. The first kappa shape index (κ1) is 50.3. The van der Waals surface area contributed by atoms with Gasteiger partial charge in [0.15, 0.2) is 0 Å². The number of rotatable bonds is 11. The molecule has 0 atom stereocenters. The van der Waals surface area contributed by atoms with E-state index >= 15 is 0 Å². The average molecular weight is 1050 g/mol. The Kier molecular flexibility index (Phi) is 13.4. The Balaban J connectivity index is 0.886. The van der Waals surface area contributed by atoms with Gasteiger partial charge in [0, 0.05) is 39.5 Å². The molecule has 1 fully saturated rings. The van der Waals surface area contributed by atoms with E-state index in [1.165, 1.54) is 155 Å². The van der Waals surface area contributed by atoms with Crippen molar-refractivity contribution in [3.63, 3.8) is 0 Å². The molecule has 0 heterocycles. The lowest BCUT2D eigenvalue weighted by molar-refractivity contribution is 0.443. The van der Waals surface area contributed by atoms with Crippen molar-refractivity contribution in [1.82, 2.24) is 0 Å². The number of anilines is 6. The highest BCUT2D eigenvalue weighted by atomic mass is 15.2. The second-order valence-electron chi connectivity index (χ2n) is 23.3. The lowest BCUT2D eigenvalue weighted by Gasteiger charge is -2.31. The number of fused-ring (bicyclic) bond motifs is 3. The summed E-state index contributed by atoms with van der Waals surface area (Å²) in [5, 5.41) is 0. The molecule has 0 spiro atoms. The molecular weight excluding hydrogens is 977 g/mol. The molecule has 6 aliphatic rings. The van der Waals surface area contributed by atoms with Crippen LogP contribution < -0.4 is 9.80 Å². The Labute approximate surface area is 479 Å². The maximum Gasteiger partial charge on any atom is 0.0496 e. The molecule has 11 aromatic carbocycles. The van der Waals surface area contributed by atoms with Gasteiger partial charge in [0.25, 0.3) is 0 Å². The van der Waals surface area contributed by atoms with Gasteiger partial charge in [0.05, 0.1) is 0 Å². The fourth-order valence-electron chi connectivity index (χ4n) is 13.8. The van der Waals surface area contributed by atoms with Crippen LogP contribution in [0.2, 0.25) is 0 Å². The molecule has 81 heavy (non-hydrogen) atoms. The van der Waals surface area contributed by atoms with E-state index in [0.29, 0.717) is 5.92 Å². The van der Waals surface area contributed by atoms with Gasteiger partial charge < -0.3 is 9.80 Å².